The highest BCUT2D eigenvalue weighted by Crippen LogP contribution is 2.29. The van der Waals surface area contributed by atoms with E-state index in [-0.39, 0.29) is 24.4 Å². The zero-order chi connectivity index (χ0) is 29.5. The molecule has 0 radical (unpaired) electrons. The van der Waals surface area contributed by atoms with Crippen LogP contribution in [0.3, 0.4) is 0 Å². The first-order valence-corrected chi connectivity index (χ1v) is 15.6. The maximum Gasteiger partial charge on any atom is 0.113 e. The van der Waals surface area contributed by atoms with Crippen molar-refractivity contribution in [3.63, 3.8) is 0 Å². The van der Waals surface area contributed by atoms with Gasteiger partial charge in [-0.15, -0.1) is 0 Å². The molecule has 4 aromatic rings. The monoisotopic (exact) mass is 579 g/mol. The first-order valence-electron chi connectivity index (χ1n) is 15.6. The fraction of sp³-hybridized carbons (Fsp3) is 0.368. The molecule has 1 aliphatic rings. The van der Waals surface area contributed by atoms with Crippen molar-refractivity contribution in [3.8, 4) is 0 Å². The van der Waals surface area contributed by atoms with Crippen molar-refractivity contribution in [2.75, 3.05) is 19.7 Å². The van der Waals surface area contributed by atoms with E-state index in [1.807, 2.05) is 24.3 Å². The van der Waals surface area contributed by atoms with E-state index in [0.717, 1.165) is 42.6 Å². The summed E-state index contributed by atoms with van der Waals surface area (Å²) >= 11 is 0. The predicted molar refractivity (Wildman–Crippen MR) is 171 cm³/mol. The van der Waals surface area contributed by atoms with Crippen molar-refractivity contribution >= 4 is 0 Å². The second-order valence-electron chi connectivity index (χ2n) is 11.3. The smallest absolute Gasteiger partial charge is 0.113 e. The highest BCUT2D eigenvalue weighted by molar-refractivity contribution is 5.16. The van der Waals surface area contributed by atoms with Gasteiger partial charge in [0.2, 0.25) is 0 Å². The van der Waals surface area contributed by atoms with Gasteiger partial charge in [0.15, 0.2) is 0 Å². The lowest BCUT2D eigenvalue weighted by Crippen LogP contribution is -2.64. The van der Waals surface area contributed by atoms with E-state index in [1.54, 1.807) is 0 Å². The Bertz CT molecular complexity index is 1290. The van der Waals surface area contributed by atoms with Gasteiger partial charge in [0.1, 0.15) is 12.2 Å². The summed E-state index contributed by atoms with van der Waals surface area (Å²) in [7, 11) is 0. The van der Waals surface area contributed by atoms with Gasteiger partial charge in [0.25, 0.3) is 0 Å². The highest BCUT2D eigenvalue weighted by Gasteiger charge is 2.46. The lowest BCUT2D eigenvalue weighted by molar-refractivity contribution is -0.210. The van der Waals surface area contributed by atoms with Crippen LogP contribution in [-0.4, -0.2) is 49.0 Å². The molecule has 0 spiro atoms. The second-order valence-corrected chi connectivity index (χ2v) is 11.3. The molecule has 5 rings (SSSR count). The number of likely N-dealkylation sites (tertiary alicyclic amines) is 1. The molecule has 0 saturated carbocycles. The average molecular weight is 580 g/mol. The lowest BCUT2D eigenvalue weighted by Gasteiger charge is -2.48. The number of nitrogens with zero attached hydrogens (tertiary/aromatic N) is 1. The topological polar surface area (TPSA) is 40.2 Å². The summed E-state index contributed by atoms with van der Waals surface area (Å²) in [4.78, 5) is 2.52. The zero-order valence-corrected chi connectivity index (χ0v) is 25.3. The summed E-state index contributed by atoms with van der Waals surface area (Å²) in [6.45, 7) is 6.59. The van der Waals surface area contributed by atoms with Crippen LogP contribution >= 0.6 is 0 Å². The molecule has 1 aliphatic heterocycles. The molecular weight excluding hydrogens is 534 g/mol. The third-order valence-corrected chi connectivity index (χ3v) is 8.03. The molecule has 0 unspecified atom stereocenters. The number of ether oxygens (including phenoxy) is 4. The Hall–Kier alpha value is -3.32. The van der Waals surface area contributed by atoms with E-state index in [2.05, 4.69) is 109 Å². The lowest BCUT2D eigenvalue weighted by atomic mass is 9.92. The van der Waals surface area contributed by atoms with Crippen LogP contribution in [0.2, 0.25) is 0 Å². The van der Waals surface area contributed by atoms with Crippen molar-refractivity contribution in [3.05, 3.63) is 144 Å². The van der Waals surface area contributed by atoms with Gasteiger partial charge in [-0.25, -0.2) is 0 Å². The molecule has 4 atom stereocenters. The largest absolute Gasteiger partial charge is 0.375 e. The van der Waals surface area contributed by atoms with Gasteiger partial charge < -0.3 is 18.9 Å². The molecule has 1 saturated heterocycles. The first-order chi connectivity index (χ1) is 21.3. The molecule has 0 amide bonds. The summed E-state index contributed by atoms with van der Waals surface area (Å²) in [6, 6.07) is 41.5. The Kier molecular flexibility index (Phi) is 12.4. The Balaban J connectivity index is 1.41. The van der Waals surface area contributed by atoms with Gasteiger partial charge in [-0.05, 0) is 35.2 Å². The Morgan fingerprint density at radius 1 is 0.558 bits per heavy atom. The number of benzene rings is 4. The molecular formula is C38H45NO4. The Morgan fingerprint density at radius 3 is 1.49 bits per heavy atom. The van der Waals surface area contributed by atoms with Crippen LogP contribution in [0, 0.1) is 0 Å². The van der Waals surface area contributed by atoms with Gasteiger partial charge in [0.05, 0.1) is 45.2 Å². The third-order valence-electron chi connectivity index (χ3n) is 8.03. The minimum Gasteiger partial charge on any atom is -0.375 e. The molecule has 1 fully saturated rings. The van der Waals surface area contributed by atoms with E-state index < -0.39 is 0 Å². The maximum absolute atomic E-state index is 6.85. The molecule has 226 valence electrons. The van der Waals surface area contributed by atoms with Crippen molar-refractivity contribution in [2.45, 2.75) is 70.5 Å². The second kappa shape index (κ2) is 17.1. The van der Waals surface area contributed by atoms with E-state index in [4.69, 9.17) is 18.9 Å². The van der Waals surface area contributed by atoms with Crippen LogP contribution in [0.1, 0.15) is 42.0 Å². The quantitative estimate of drug-likeness (QED) is 0.138. The van der Waals surface area contributed by atoms with Crippen molar-refractivity contribution in [1.82, 2.24) is 4.90 Å². The van der Waals surface area contributed by atoms with E-state index >= 15 is 0 Å². The van der Waals surface area contributed by atoms with Crippen LogP contribution in [0.25, 0.3) is 0 Å². The summed E-state index contributed by atoms with van der Waals surface area (Å²) < 4.78 is 26.7. The highest BCUT2D eigenvalue weighted by atomic mass is 16.6. The number of unbranched alkanes of at least 4 members (excludes halogenated alkanes) is 1. The van der Waals surface area contributed by atoms with Crippen LogP contribution in [-0.2, 0) is 45.4 Å². The minimum atomic E-state index is -0.268. The number of piperidine rings is 1. The summed E-state index contributed by atoms with van der Waals surface area (Å²) in [5, 5.41) is 0. The third kappa shape index (κ3) is 9.59. The number of hydrogen-bond acceptors (Lipinski definition) is 5. The fourth-order valence-corrected chi connectivity index (χ4v) is 5.67. The summed E-state index contributed by atoms with van der Waals surface area (Å²) in [5.41, 5.74) is 4.60. The van der Waals surface area contributed by atoms with E-state index in [9.17, 15) is 0 Å². The Labute approximate surface area is 257 Å². The number of hydrogen-bond donors (Lipinski definition) is 0. The number of rotatable bonds is 16. The molecule has 0 N–H and O–H groups in total. The van der Waals surface area contributed by atoms with Gasteiger partial charge in [-0.3, -0.25) is 4.90 Å². The maximum atomic E-state index is 6.85. The summed E-state index contributed by atoms with van der Waals surface area (Å²) in [5.74, 6) is 0. The molecule has 0 bridgehead atoms. The molecule has 5 nitrogen and oxygen atoms in total. The average Bonchev–Trinajstić information content (AvgIpc) is 3.07. The van der Waals surface area contributed by atoms with Crippen LogP contribution in [0.4, 0.5) is 0 Å². The SMILES string of the molecule is CCCCN1C[C@H](OCc2ccccc2)[C@@H](OCc2ccccc2)[C@H](OCc2ccccc2)[C@@H]1COCc1ccccc1. The van der Waals surface area contributed by atoms with Crippen LogP contribution < -0.4 is 0 Å². The van der Waals surface area contributed by atoms with E-state index in [1.165, 1.54) is 5.56 Å². The molecule has 5 heteroatoms. The summed E-state index contributed by atoms with van der Waals surface area (Å²) in [6.07, 6.45) is 1.54. The van der Waals surface area contributed by atoms with Crippen LogP contribution in [0.15, 0.2) is 121 Å². The normalized spacial score (nSPS) is 20.7. The molecule has 4 aromatic carbocycles. The zero-order valence-electron chi connectivity index (χ0n) is 25.3. The van der Waals surface area contributed by atoms with Crippen molar-refractivity contribution in [2.24, 2.45) is 0 Å². The molecule has 43 heavy (non-hydrogen) atoms. The van der Waals surface area contributed by atoms with E-state index in [0.29, 0.717) is 33.0 Å². The molecule has 0 aliphatic carbocycles. The van der Waals surface area contributed by atoms with Crippen LogP contribution in [0.5, 0.6) is 0 Å². The van der Waals surface area contributed by atoms with Gasteiger partial charge in [-0.1, -0.05) is 135 Å². The fourth-order valence-electron chi connectivity index (χ4n) is 5.67. The Morgan fingerprint density at radius 2 is 1.00 bits per heavy atom. The first kappa shape index (κ1) is 31.1. The molecule has 0 aromatic heterocycles. The van der Waals surface area contributed by atoms with Gasteiger partial charge >= 0.3 is 0 Å². The van der Waals surface area contributed by atoms with Crippen molar-refractivity contribution < 1.29 is 18.9 Å². The molecule has 1 heterocycles. The van der Waals surface area contributed by atoms with Crippen molar-refractivity contribution in [1.29, 1.82) is 0 Å². The minimum absolute atomic E-state index is 0.0244. The predicted octanol–water partition coefficient (Wildman–Crippen LogP) is 7.44. The standard InChI is InChI=1S/C38H45NO4/c1-2-3-24-39-25-36(41-27-32-18-10-5-11-19-32)38(43-29-34-22-14-7-15-23-34)37(42-28-33-20-12-6-13-21-33)35(39)30-40-26-31-16-8-4-9-17-31/h4-23,35-38H,2-3,24-30H2,1H3/t35-,36-,37+,38+/m0/s1. The van der Waals surface area contributed by atoms with Gasteiger partial charge in [-0.2, -0.15) is 0 Å². The van der Waals surface area contributed by atoms with Gasteiger partial charge in [0, 0.05) is 6.54 Å².